The standard InChI is InChI=1S/C25H34N4O4S/c1-34(31,32)29-11-9-27(10-12-29)20-23-3-2-4-24(17-23)25(30)26-18-21-5-7-22(8-6-21)19-28-13-15-33-16-14-28/h2-8,17H,9-16,18-20H2,1H3,(H,26,30). The Morgan fingerprint density at radius 2 is 1.47 bits per heavy atom. The zero-order chi connectivity index (χ0) is 24.0. The highest BCUT2D eigenvalue weighted by molar-refractivity contribution is 7.88. The predicted octanol–water partition coefficient (Wildman–Crippen LogP) is 1.53. The van der Waals surface area contributed by atoms with Crippen LogP contribution in [-0.2, 0) is 34.4 Å². The molecule has 1 amide bonds. The van der Waals surface area contributed by atoms with Gasteiger partial charge in [-0.3, -0.25) is 14.6 Å². The molecular formula is C25H34N4O4S. The first kappa shape index (κ1) is 24.8. The fraction of sp³-hybridized carbons (Fsp3) is 0.480. The van der Waals surface area contributed by atoms with Gasteiger partial charge in [0.25, 0.3) is 5.91 Å². The number of amides is 1. The first-order valence-electron chi connectivity index (χ1n) is 11.8. The van der Waals surface area contributed by atoms with E-state index in [-0.39, 0.29) is 5.91 Å². The Morgan fingerprint density at radius 1 is 0.853 bits per heavy atom. The molecule has 0 bridgehead atoms. The highest BCUT2D eigenvalue weighted by Gasteiger charge is 2.23. The van der Waals surface area contributed by atoms with E-state index in [9.17, 15) is 13.2 Å². The fourth-order valence-electron chi connectivity index (χ4n) is 4.35. The average Bonchev–Trinajstić information content (AvgIpc) is 2.84. The summed E-state index contributed by atoms with van der Waals surface area (Å²) in [4.78, 5) is 17.3. The van der Waals surface area contributed by atoms with Crippen LogP contribution in [0.1, 0.15) is 27.0 Å². The number of sulfonamides is 1. The Hall–Kier alpha value is -2.30. The number of piperazine rings is 1. The summed E-state index contributed by atoms with van der Waals surface area (Å²) in [5.74, 6) is -0.0962. The summed E-state index contributed by atoms with van der Waals surface area (Å²) < 4.78 is 30.3. The third-order valence-corrected chi connectivity index (χ3v) is 7.68. The van der Waals surface area contributed by atoms with Crippen molar-refractivity contribution in [2.45, 2.75) is 19.6 Å². The van der Waals surface area contributed by atoms with E-state index in [1.807, 2.05) is 24.3 Å². The molecule has 34 heavy (non-hydrogen) atoms. The van der Waals surface area contributed by atoms with E-state index >= 15 is 0 Å². The van der Waals surface area contributed by atoms with Crippen molar-refractivity contribution in [3.05, 3.63) is 70.8 Å². The van der Waals surface area contributed by atoms with Gasteiger partial charge in [-0.15, -0.1) is 0 Å². The summed E-state index contributed by atoms with van der Waals surface area (Å²) in [5.41, 5.74) is 4.02. The second-order valence-electron chi connectivity index (χ2n) is 9.03. The van der Waals surface area contributed by atoms with E-state index in [0.29, 0.717) is 44.8 Å². The minimum absolute atomic E-state index is 0.0962. The zero-order valence-electron chi connectivity index (χ0n) is 19.8. The van der Waals surface area contributed by atoms with Gasteiger partial charge in [0.1, 0.15) is 0 Å². The minimum atomic E-state index is -3.13. The van der Waals surface area contributed by atoms with Crippen LogP contribution in [0.2, 0.25) is 0 Å². The Balaban J connectivity index is 1.25. The van der Waals surface area contributed by atoms with Crippen molar-refractivity contribution in [1.29, 1.82) is 0 Å². The summed E-state index contributed by atoms with van der Waals surface area (Å²) in [6, 6.07) is 16.0. The molecule has 0 unspecified atom stereocenters. The molecule has 0 atom stereocenters. The van der Waals surface area contributed by atoms with Crippen LogP contribution in [0, 0.1) is 0 Å². The lowest BCUT2D eigenvalue weighted by atomic mass is 10.1. The second kappa shape index (κ2) is 11.4. The van der Waals surface area contributed by atoms with Crippen molar-refractivity contribution >= 4 is 15.9 Å². The number of hydrogen-bond donors (Lipinski definition) is 1. The van der Waals surface area contributed by atoms with Gasteiger partial charge in [0.2, 0.25) is 10.0 Å². The molecule has 184 valence electrons. The summed E-state index contributed by atoms with van der Waals surface area (Å²) in [7, 11) is -3.13. The van der Waals surface area contributed by atoms with Crippen molar-refractivity contribution in [3.8, 4) is 0 Å². The summed E-state index contributed by atoms with van der Waals surface area (Å²) in [6.45, 7) is 8.01. The predicted molar refractivity (Wildman–Crippen MR) is 132 cm³/mol. The molecule has 9 heteroatoms. The summed E-state index contributed by atoms with van der Waals surface area (Å²) >= 11 is 0. The Kier molecular flexibility index (Phi) is 8.33. The van der Waals surface area contributed by atoms with Crippen LogP contribution in [0.4, 0.5) is 0 Å². The lowest BCUT2D eigenvalue weighted by Crippen LogP contribution is -2.47. The number of rotatable bonds is 8. The molecule has 0 radical (unpaired) electrons. The van der Waals surface area contributed by atoms with Gasteiger partial charge in [-0.25, -0.2) is 8.42 Å². The van der Waals surface area contributed by atoms with Crippen LogP contribution in [-0.4, -0.2) is 87.2 Å². The number of carbonyl (C=O) groups excluding carboxylic acids is 1. The van der Waals surface area contributed by atoms with Gasteiger partial charge in [0.05, 0.1) is 19.5 Å². The van der Waals surface area contributed by atoms with Gasteiger partial charge in [-0.2, -0.15) is 4.31 Å². The number of nitrogens with one attached hydrogen (secondary N) is 1. The van der Waals surface area contributed by atoms with Crippen molar-refractivity contribution in [3.63, 3.8) is 0 Å². The number of carbonyl (C=O) groups is 1. The molecule has 2 aliphatic heterocycles. The average molecular weight is 487 g/mol. The molecule has 2 aromatic rings. The Labute approximate surface area is 202 Å². The highest BCUT2D eigenvalue weighted by atomic mass is 32.2. The molecule has 4 rings (SSSR count). The molecule has 2 fully saturated rings. The van der Waals surface area contributed by atoms with Crippen molar-refractivity contribution in [2.75, 3.05) is 58.7 Å². The molecule has 1 N–H and O–H groups in total. The molecule has 2 aliphatic rings. The molecule has 0 spiro atoms. The number of hydrogen-bond acceptors (Lipinski definition) is 6. The minimum Gasteiger partial charge on any atom is -0.379 e. The maximum absolute atomic E-state index is 12.7. The van der Waals surface area contributed by atoms with Crippen molar-refractivity contribution < 1.29 is 17.9 Å². The molecule has 0 aliphatic carbocycles. The summed E-state index contributed by atoms with van der Waals surface area (Å²) in [5, 5.41) is 3.02. The highest BCUT2D eigenvalue weighted by Crippen LogP contribution is 2.13. The number of benzene rings is 2. The zero-order valence-corrected chi connectivity index (χ0v) is 20.6. The van der Waals surface area contributed by atoms with E-state index in [2.05, 4.69) is 39.4 Å². The first-order chi connectivity index (χ1) is 16.4. The van der Waals surface area contributed by atoms with Gasteiger partial charge < -0.3 is 10.1 Å². The molecule has 0 aromatic heterocycles. The second-order valence-corrected chi connectivity index (χ2v) is 11.0. The Morgan fingerprint density at radius 3 is 2.15 bits per heavy atom. The first-order valence-corrected chi connectivity index (χ1v) is 13.6. The van der Waals surface area contributed by atoms with E-state index in [1.165, 1.54) is 16.1 Å². The molecule has 8 nitrogen and oxygen atoms in total. The molecule has 2 aromatic carbocycles. The van der Waals surface area contributed by atoms with E-state index in [0.717, 1.165) is 44.0 Å². The van der Waals surface area contributed by atoms with Crippen molar-refractivity contribution in [1.82, 2.24) is 19.4 Å². The smallest absolute Gasteiger partial charge is 0.251 e. The van der Waals surface area contributed by atoms with Crippen LogP contribution < -0.4 is 5.32 Å². The number of morpholine rings is 1. The van der Waals surface area contributed by atoms with Crippen LogP contribution in [0.15, 0.2) is 48.5 Å². The monoisotopic (exact) mass is 486 g/mol. The maximum Gasteiger partial charge on any atom is 0.251 e. The summed E-state index contributed by atoms with van der Waals surface area (Å²) in [6.07, 6.45) is 1.25. The fourth-order valence-corrected chi connectivity index (χ4v) is 5.18. The molecule has 0 saturated carbocycles. The normalized spacial score (nSPS) is 18.6. The van der Waals surface area contributed by atoms with Crippen LogP contribution >= 0.6 is 0 Å². The molecule has 2 saturated heterocycles. The van der Waals surface area contributed by atoms with Crippen LogP contribution in [0.3, 0.4) is 0 Å². The molecular weight excluding hydrogens is 452 g/mol. The Bertz CT molecular complexity index is 1060. The molecule has 2 heterocycles. The van der Waals surface area contributed by atoms with Crippen LogP contribution in [0.25, 0.3) is 0 Å². The van der Waals surface area contributed by atoms with E-state index in [1.54, 1.807) is 0 Å². The number of nitrogens with zero attached hydrogens (tertiary/aromatic N) is 3. The lowest BCUT2D eigenvalue weighted by Gasteiger charge is -2.33. The SMILES string of the molecule is CS(=O)(=O)N1CCN(Cc2cccc(C(=O)NCc3ccc(CN4CCOCC4)cc3)c2)CC1. The van der Waals surface area contributed by atoms with Gasteiger partial charge >= 0.3 is 0 Å². The largest absolute Gasteiger partial charge is 0.379 e. The third-order valence-electron chi connectivity index (χ3n) is 6.38. The third kappa shape index (κ3) is 7.10. The quantitative estimate of drug-likeness (QED) is 0.610. The number of ether oxygens (including phenoxy) is 1. The lowest BCUT2D eigenvalue weighted by molar-refractivity contribution is 0.0342. The van der Waals surface area contributed by atoms with Crippen molar-refractivity contribution in [2.24, 2.45) is 0 Å². The van der Waals surface area contributed by atoms with Crippen LogP contribution in [0.5, 0.6) is 0 Å². The van der Waals surface area contributed by atoms with Gasteiger partial charge in [-0.05, 0) is 28.8 Å². The van der Waals surface area contributed by atoms with E-state index < -0.39 is 10.0 Å². The topological polar surface area (TPSA) is 82.2 Å². The van der Waals surface area contributed by atoms with Gasteiger partial charge in [0, 0.05) is 64.5 Å². The maximum atomic E-state index is 12.7. The van der Waals surface area contributed by atoms with Gasteiger partial charge in [-0.1, -0.05) is 36.4 Å². The van der Waals surface area contributed by atoms with Gasteiger partial charge in [0.15, 0.2) is 0 Å². The van der Waals surface area contributed by atoms with E-state index in [4.69, 9.17) is 4.74 Å².